The summed E-state index contributed by atoms with van der Waals surface area (Å²) in [6, 6.07) is 9.65. The molecule has 1 fully saturated rings. The van der Waals surface area contributed by atoms with Crippen molar-refractivity contribution in [3.05, 3.63) is 48.9 Å². The van der Waals surface area contributed by atoms with Crippen LogP contribution in [-0.4, -0.2) is 32.5 Å². The predicted octanol–water partition coefficient (Wildman–Crippen LogP) is 5.86. The van der Waals surface area contributed by atoms with Crippen LogP contribution in [0.1, 0.15) is 45.6 Å². The highest BCUT2D eigenvalue weighted by Crippen LogP contribution is 2.37. The minimum absolute atomic E-state index is 0.282. The Morgan fingerprint density at radius 2 is 1.97 bits per heavy atom. The number of fused-ring (bicyclic) bond motifs is 2. The normalized spacial score (nSPS) is 19.0. The fourth-order valence-corrected chi connectivity index (χ4v) is 4.86. The fraction of sp³-hybridized carbons (Fsp3) is 0.400. The number of nitrogens with one attached hydrogen (secondary N) is 1. The van der Waals surface area contributed by atoms with Crippen molar-refractivity contribution < 1.29 is 9.53 Å². The fourth-order valence-electron chi connectivity index (χ4n) is 4.86. The molecule has 1 aliphatic carbocycles. The SMILES string of the molecule is COc1cc2nn(C3CCC(C(C)C)CC3)cc2cc1NC(=O)n1ccc2cccnc21. The minimum atomic E-state index is -0.282. The molecule has 1 aliphatic rings. The van der Waals surface area contributed by atoms with E-state index in [2.05, 4.69) is 35.0 Å². The maximum atomic E-state index is 13.0. The molecular formula is C25H29N5O2. The molecule has 0 radical (unpaired) electrons. The molecule has 166 valence electrons. The summed E-state index contributed by atoms with van der Waals surface area (Å²) in [5, 5.41) is 9.72. The maximum Gasteiger partial charge on any atom is 0.331 e. The second-order valence-corrected chi connectivity index (χ2v) is 9.07. The second-order valence-electron chi connectivity index (χ2n) is 9.07. The molecule has 7 nitrogen and oxygen atoms in total. The third-order valence-electron chi connectivity index (χ3n) is 6.81. The van der Waals surface area contributed by atoms with Gasteiger partial charge < -0.3 is 10.1 Å². The van der Waals surface area contributed by atoms with E-state index < -0.39 is 0 Å². The number of carbonyl (C=O) groups excluding carboxylic acids is 1. The molecule has 0 saturated heterocycles. The van der Waals surface area contributed by atoms with Gasteiger partial charge in [-0.25, -0.2) is 9.78 Å². The Morgan fingerprint density at radius 3 is 2.72 bits per heavy atom. The van der Waals surface area contributed by atoms with E-state index >= 15 is 0 Å². The Morgan fingerprint density at radius 1 is 1.16 bits per heavy atom. The number of methoxy groups -OCH3 is 1. The topological polar surface area (TPSA) is 74.0 Å². The number of amides is 1. The Bertz CT molecular complexity index is 1260. The van der Waals surface area contributed by atoms with Gasteiger partial charge in [-0.1, -0.05) is 13.8 Å². The van der Waals surface area contributed by atoms with Crippen LogP contribution in [0.5, 0.6) is 5.75 Å². The van der Waals surface area contributed by atoms with Crippen LogP contribution in [0.15, 0.2) is 48.9 Å². The summed E-state index contributed by atoms with van der Waals surface area (Å²) in [7, 11) is 1.60. The number of hydrogen-bond acceptors (Lipinski definition) is 4. The number of benzene rings is 1. The molecule has 0 bridgehead atoms. The lowest BCUT2D eigenvalue weighted by atomic mass is 9.80. The quantitative estimate of drug-likeness (QED) is 0.439. The lowest BCUT2D eigenvalue weighted by Gasteiger charge is -2.30. The van der Waals surface area contributed by atoms with E-state index in [1.807, 2.05) is 30.3 Å². The number of nitrogens with zero attached hydrogens (tertiary/aromatic N) is 4. The summed E-state index contributed by atoms with van der Waals surface area (Å²) in [6.45, 7) is 4.64. The van der Waals surface area contributed by atoms with Crippen molar-refractivity contribution >= 4 is 33.7 Å². The smallest absolute Gasteiger partial charge is 0.331 e. The molecule has 0 atom stereocenters. The van der Waals surface area contributed by atoms with Gasteiger partial charge in [-0.3, -0.25) is 9.25 Å². The third kappa shape index (κ3) is 3.72. The lowest BCUT2D eigenvalue weighted by molar-refractivity contribution is 0.217. The van der Waals surface area contributed by atoms with Crippen molar-refractivity contribution in [3.63, 3.8) is 0 Å². The molecule has 0 aliphatic heterocycles. The first-order valence-corrected chi connectivity index (χ1v) is 11.3. The molecule has 1 saturated carbocycles. The summed E-state index contributed by atoms with van der Waals surface area (Å²) in [6.07, 6.45) is 10.3. The van der Waals surface area contributed by atoms with E-state index in [0.717, 1.165) is 41.0 Å². The molecule has 3 aromatic heterocycles. The van der Waals surface area contributed by atoms with Crippen molar-refractivity contribution in [2.75, 3.05) is 12.4 Å². The Hall–Kier alpha value is -3.35. The number of carbonyl (C=O) groups is 1. The van der Waals surface area contributed by atoms with E-state index in [1.165, 1.54) is 17.4 Å². The van der Waals surface area contributed by atoms with Gasteiger partial charge in [0.15, 0.2) is 0 Å². The number of ether oxygens (including phenoxy) is 1. The first-order valence-electron chi connectivity index (χ1n) is 11.3. The average molecular weight is 432 g/mol. The van der Waals surface area contributed by atoms with Gasteiger partial charge in [0.25, 0.3) is 0 Å². The molecule has 4 aromatic rings. The molecule has 1 amide bonds. The maximum absolute atomic E-state index is 13.0. The molecule has 3 heterocycles. The largest absolute Gasteiger partial charge is 0.494 e. The first kappa shape index (κ1) is 20.5. The second kappa shape index (κ2) is 8.30. The van der Waals surface area contributed by atoms with E-state index in [4.69, 9.17) is 9.84 Å². The van der Waals surface area contributed by atoms with Crippen LogP contribution in [0.25, 0.3) is 21.9 Å². The van der Waals surface area contributed by atoms with Gasteiger partial charge >= 0.3 is 6.03 Å². The number of rotatable bonds is 4. The van der Waals surface area contributed by atoms with Crippen LogP contribution in [-0.2, 0) is 0 Å². The summed E-state index contributed by atoms with van der Waals surface area (Å²) in [4.78, 5) is 17.3. The zero-order valence-corrected chi connectivity index (χ0v) is 18.8. The van der Waals surface area contributed by atoms with Crippen LogP contribution in [0, 0.1) is 11.8 Å². The number of pyridine rings is 1. The zero-order chi connectivity index (χ0) is 22.2. The van der Waals surface area contributed by atoms with E-state index in [0.29, 0.717) is 23.1 Å². The molecule has 1 N–H and O–H groups in total. The standard InChI is InChI=1S/C25H29N5O2/c1-16(2)17-6-8-20(9-7-17)30-15-19-13-22(23(32-3)14-21(19)28-30)27-25(31)29-12-10-18-5-4-11-26-24(18)29/h4-5,10-17,20H,6-9H2,1-3H3,(H,27,31). The molecule has 5 rings (SSSR count). The van der Waals surface area contributed by atoms with Gasteiger partial charge in [-0.15, -0.1) is 0 Å². The van der Waals surface area contributed by atoms with Gasteiger partial charge in [-0.2, -0.15) is 5.10 Å². The Labute approximate surface area is 187 Å². The van der Waals surface area contributed by atoms with E-state index in [-0.39, 0.29) is 6.03 Å². The van der Waals surface area contributed by atoms with E-state index in [1.54, 1.807) is 19.5 Å². The van der Waals surface area contributed by atoms with Gasteiger partial charge in [0.05, 0.1) is 24.4 Å². The van der Waals surface area contributed by atoms with Gasteiger partial charge in [0.1, 0.15) is 11.4 Å². The lowest BCUT2D eigenvalue weighted by Crippen LogP contribution is -2.21. The van der Waals surface area contributed by atoms with Crippen molar-refractivity contribution in [1.29, 1.82) is 0 Å². The van der Waals surface area contributed by atoms with Gasteiger partial charge in [-0.05, 0) is 61.8 Å². The minimum Gasteiger partial charge on any atom is -0.494 e. The molecule has 7 heteroatoms. The summed E-state index contributed by atoms with van der Waals surface area (Å²) in [5.74, 6) is 2.15. The molecule has 0 spiro atoms. The number of anilines is 1. The van der Waals surface area contributed by atoms with Crippen LogP contribution < -0.4 is 10.1 Å². The van der Waals surface area contributed by atoms with Gasteiger partial charge in [0, 0.05) is 35.4 Å². The van der Waals surface area contributed by atoms with Crippen LogP contribution in [0.4, 0.5) is 10.5 Å². The average Bonchev–Trinajstić information content (AvgIpc) is 3.42. The predicted molar refractivity (Wildman–Crippen MR) is 126 cm³/mol. The third-order valence-corrected chi connectivity index (χ3v) is 6.81. The van der Waals surface area contributed by atoms with Crippen molar-refractivity contribution in [3.8, 4) is 5.75 Å². The first-order chi connectivity index (χ1) is 15.5. The zero-order valence-electron chi connectivity index (χ0n) is 18.8. The van der Waals surface area contributed by atoms with Crippen LogP contribution >= 0.6 is 0 Å². The van der Waals surface area contributed by atoms with Crippen LogP contribution in [0.3, 0.4) is 0 Å². The summed E-state index contributed by atoms with van der Waals surface area (Å²) >= 11 is 0. The highest BCUT2D eigenvalue weighted by atomic mass is 16.5. The Balaban J connectivity index is 1.40. The monoisotopic (exact) mass is 431 g/mol. The molecular weight excluding hydrogens is 402 g/mol. The van der Waals surface area contributed by atoms with Crippen molar-refractivity contribution in [2.24, 2.45) is 11.8 Å². The highest BCUT2D eigenvalue weighted by molar-refractivity contribution is 6.00. The van der Waals surface area contributed by atoms with E-state index in [9.17, 15) is 4.79 Å². The van der Waals surface area contributed by atoms with Crippen LogP contribution in [0.2, 0.25) is 0 Å². The van der Waals surface area contributed by atoms with Gasteiger partial charge in [0.2, 0.25) is 0 Å². The summed E-state index contributed by atoms with van der Waals surface area (Å²) in [5.41, 5.74) is 2.11. The van der Waals surface area contributed by atoms with Crippen molar-refractivity contribution in [2.45, 2.75) is 45.6 Å². The molecule has 32 heavy (non-hydrogen) atoms. The summed E-state index contributed by atoms with van der Waals surface area (Å²) < 4.78 is 9.18. The highest BCUT2D eigenvalue weighted by Gasteiger charge is 2.25. The molecule has 1 aromatic carbocycles. The number of aromatic nitrogens is 4. The Kier molecular flexibility index (Phi) is 5.33. The molecule has 0 unspecified atom stereocenters. The van der Waals surface area contributed by atoms with Crippen molar-refractivity contribution in [1.82, 2.24) is 19.3 Å². The number of hydrogen-bond donors (Lipinski definition) is 1.